The number of aliphatic carboxylic acids is 1. The molecule has 1 aromatic rings. The summed E-state index contributed by atoms with van der Waals surface area (Å²) in [5.74, 6) is -1.32. The van der Waals surface area contributed by atoms with Crippen LogP contribution < -0.4 is 0 Å². The smallest absolute Gasteiger partial charge is 0.410 e. The molecule has 0 bridgehead atoms. The third-order valence-corrected chi connectivity index (χ3v) is 3.61. The van der Waals surface area contributed by atoms with Gasteiger partial charge in [-0.1, -0.05) is 30.3 Å². The van der Waals surface area contributed by atoms with Gasteiger partial charge in [0, 0.05) is 6.54 Å². The fourth-order valence-electron chi connectivity index (χ4n) is 2.48. The lowest BCUT2D eigenvalue weighted by atomic mass is 9.98. The predicted octanol–water partition coefficient (Wildman–Crippen LogP) is 1.62. The van der Waals surface area contributed by atoms with E-state index in [9.17, 15) is 14.7 Å². The lowest BCUT2D eigenvalue weighted by Gasteiger charge is -2.36. The summed E-state index contributed by atoms with van der Waals surface area (Å²) in [6.45, 7) is 0.536. The second-order valence-electron chi connectivity index (χ2n) is 5.08. The van der Waals surface area contributed by atoms with Crippen molar-refractivity contribution in [2.75, 3.05) is 6.54 Å². The van der Waals surface area contributed by atoms with Gasteiger partial charge in [-0.15, -0.1) is 0 Å². The molecule has 0 aromatic heterocycles. The lowest BCUT2D eigenvalue weighted by molar-refractivity contribution is -0.150. The van der Waals surface area contributed by atoms with E-state index < -0.39 is 24.2 Å². The fraction of sp³-hybridized carbons (Fsp3) is 0.467. The summed E-state index contributed by atoms with van der Waals surface area (Å²) in [5.41, 5.74) is 0.859. The molecule has 1 heterocycles. The molecule has 6 heteroatoms. The SMILES string of the molecule is O=C(O)C(O)C1CCCCN1C(=O)OCc1ccccc1. The summed E-state index contributed by atoms with van der Waals surface area (Å²) in [5, 5.41) is 18.6. The molecular formula is C15H19NO5. The second-order valence-corrected chi connectivity index (χ2v) is 5.08. The van der Waals surface area contributed by atoms with Crippen molar-refractivity contribution in [3.8, 4) is 0 Å². The van der Waals surface area contributed by atoms with E-state index in [1.165, 1.54) is 4.90 Å². The van der Waals surface area contributed by atoms with Crippen LogP contribution in [-0.4, -0.2) is 45.9 Å². The van der Waals surface area contributed by atoms with Gasteiger partial charge in [0.25, 0.3) is 0 Å². The Morgan fingerprint density at radius 1 is 1.29 bits per heavy atom. The number of rotatable bonds is 4. The summed E-state index contributed by atoms with van der Waals surface area (Å²) in [4.78, 5) is 24.4. The van der Waals surface area contributed by atoms with Crippen LogP contribution in [0.3, 0.4) is 0 Å². The van der Waals surface area contributed by atoms with Gasteiger partial charge in [-0.05, 0) is 24.8 Å². The molecule has 0 spiro atoms. The third-order valence-electron chi connectivity index (χ3n) is 3.61. The topological polar surface area (TPSA) is 87.1 Å². The van der Waals surface area contributed by atoms with E-state index in [2.05, 4.69) is 0 Å². The molecule has 114 valence electrons. The molecule has 2 N–H and O–H groups in total. The average molecular weight is 293 g/mol. The molecule has 21 heavy (non-hydrogen) atoms. The molecule has 2 atom stereocenters. The first-order chi connectivity index (χ1) is 10.1. The largest absolute Gasteiger partial charge is 0.479 e. The van der Waals surface area contributed by atoms with E-state index >= 15 is 0 Å². The van der Waals surface area contributed by atoms with Crippen molar-refractivity contribution < 1.29 is 24.5 Å². The number of aliphatic hydroxyl groups excluding tert-OH is 1. The number of ether oxygens (including phenoxy) is 1. The van der Waals surface area contributed by atoms with Gasteiger partial charge in [-0.25, -0.2) is 9.59 Å². The number of nitrogens with zero attached hydrogens (tertiary/aromatic N) is 1. The quantitative estimate of drug-likeness (QED) is 0.881. The van der Waals surface area contributed by atoms with Crippen LogP contribution in [0.4, 0.5) is 4.79 Å². The summed E-state index contributed by atoms with van der Waals surface area (Å²) >= 11 is 0. The van der Waals surface area contributed by atoms with Gasteiger partial charge in [-0.2, -0.15) is 0 Å². The molecule has 0 saturated carbocycles. The number of amides is 1. The molecule has 6 nitrogen and oxygen atoms in total. The van der Waals surface area contributed by atoms with Crippen LogP contribution in [0.2, 0.25) is 0 Å². The number of piperidine rings is 1. The Hall–Kier alpha value is -2.08. The average Bonchev–Trinajstić information content (AvgIpc) is 2.52. The van der Waals surface area contributed by atoms with Crippen molar-refractivity contribution in [1.29, 1.82) is 0 Å². The highest BCUT2D eigenvalue weighted by atomic mass is 16.6. The van der Waals surface area contributed by atoms with Crippen LogP contribution in [0.1, 0.15) is 24.8 Å². The molecule has 1 aliphatic heterocycles. The highest BCUT2D eigenvalue weighted by molar-refractivity contribution is 5.75. The number of carboxylic acids is 1. The van der Waals surface area contributed by atoms with Crippen molar-refractivity contribution in [2.45, 2.75) is 38.0 Å². The van der Waals surface area contributed by atoms with Crippen LogP contribution in [0.15, 0.2) is 30.3 Å². The number of hydrogen-bond donors (Lipinski definition) is 2. The highest BCUT2D eigenvalue weighted by Crippen LogP contribution is 2.21. The van der Waals surface area contributed by atoms with Crippen molar-refractivity contribution in [3.63, 3.8) is 0 Å². The monoisotopic (exact) mass is 293 g/mol. The molecule has 1 aromatic carbocycles. The summed E-state index contributed by atoms with van der Waals surface area (Å²) in [6, 6.07) is 8.52. The summed E-state index contributed by atoms with van der Waals surface area (Å²) in [7, 11) is 0. The normalized spacial score (nSPS) is 19.9. The Balaban J connectivity index is 1.97. The van der Waals surface area contributed by atoms with Crippen LogP contribution in [0, 0.1) is 0 Å². The first kappa shape index (κ1) is 15.3. The molecule has 0 radical (unpaired) electrons. The van der Waals surface area contributed by atoms with Crippen molar-refractivity contribution in [2.24, 2.45) is 0 Å². The molecule has 1 aliphatic rings. The van der Waals surface area contributed by atoms with Crippen molar-refractivity contribution >= 4 is 12.1 Å². The Morgan fingerprint density at radius 3 is 2.67 bits per heavy atom. The maximum Gasteiger partial charge on any atom is 0.410 e. The van der Waals surface area contributed by atoms with Crippen molar-refractivity contribution in [1.82, 2.24) is 4.90 Å². The van der Waals surface area contributed by atoms with Crippen LogP contribution >= 0.6 is 0 Å². The van der Waals surface area contributed by atoms with Crippen LogP contribution in [0.25, 0.3) is 0 Å². The number of hydrogen-bond acceptors (Lipinski definition) is 4. The van der Waals surface area contributed by atoms with Gasteiger partial charge < -0.3 is 19.8 Å². The first-order valence-corrected chi connectivity index (χ1v) is 6.98. The number of likely N-dealkylation sites (tertiary alicyclic amines) is 1. The Labute approximate surface area is 122 Å². The molecule has 1 saturated heterocycles. The first-order valence-electron chi connectivity index (χ1n) is 6.98. The molecule has 0 aliphatic carbocycles. The molecular weight excluding hydrogens is 274 g/mol. The second kappa shape index (κ2) is 7.08. The van der Waals surface area contributed by atoms with Crippen LogP contribution in [-0.2, 0) is 16.1 Å². The fourth-order valence-corrected chi connectivity index (χ4v) is 2.48. The molecule has 1 fully saturated rings. The zero-order chi connectivity index (χ0) is 15.2. The van der Waals surface area contributed by atoms with Crippen LogP contribution in [0.5, 0.6) is 0 Å². The van der Waals surface area contributed by atoms with Crippen molar-refractivity contribution in [3.05, 3.63) is 35.9 Å². The van der Waals surface area contributed by atoms with Gasteiger partial charge >= 0.3 is 12.1 Å². The number of carboxylic acid groups (broad SMARTS) is 1. The summed E-state index contributed by atoms with van der Waals surface area (Å²) in [6.07, 6.45) is -0.118. The number of carbonyl (C=O) groups excluding carboxylic acids is 1. The Morgan fingerprint density at radius 2 is 2.00 bits per heavy atom. The minimum atomic E-state index is -1.57. The van der Waals surface area contributed by atoms with Gasteiger partial charge in [0.2, 0.25) is 0 Å². The minimum Gasteiger partial charge on any atom is -0.479 e. The zero-order valence-electron chi connectivity index (χ0n) is 11.6. The van der Waals surface area contributed by atoms with Gasteiger partial charge in [0.05, 0.1) is 6.04 Å². The highest BCUT2D eigenvalue weighted by Gasteiger charge is 2.36. The van der Waals surface area contributed by atoms with E-state index in [1.54, 1.807) is 0 Å². The van der Waals surface area contributed by atoms with E-state index in [0.29, 0.717) is 13.0 Å². The standard InChI is InChI=1S/C15H19NO5/c17-13(14(18)19)12-8-4-5-9-16(12)15(20)21-10-11-6-2-1-3-7-11/h1-3,6-7,12-13,17H,4-5,8-10H2,(H,18,19). The summed E-state index contributed by atoms with van der Waals surface area (Å²) < 4.78 is 5.21. The number of benzene rings is 1. The molecule has 1 amide bonds. The third kappa shape index (κ3) is 3.95. The minimum absolute atomic E-state index is 0.131. The number of carbonyl (C=O) groups is 2. The molecule has 2 rings (SSSR count). The maximum atomic E-state index is 12.1. The van der Waals surface area contributed by atoms with E-state index in [1.807, 2.05) is 30.3 Å². The van der Waals surface area contributed by atoms with Gasteiger partial charge in [0.1, 0.15) is 6.61 Å². The Kier molecular flexibility index (Phi) is 5.16. The molecule has 2 unspecified atom stereocenters. The lowest BCUT2D eigenvalue weighted by Crippen LogP contribution is -2.52. The van der Waals surface area contributed by atoms with E-state index in [-0.39, 0.29) is 6.61 Å². The number of aliphatic hydroxyl groups is 1. The Bertz CT molecular complexity index is 490. The van der Waals surface area contributed by atoms with E-state index in [4.69, 9.17) is 9.84 Å². The predicted molar refractivity (Wildman–Crippen MR) is 74.6 cm³/mol. The zero-order valence-corrected chi connectivity index (χ0v) is 11.6. The van der Waals surface area contributed by atoms with Gasteiger partial charge in [-0.3, -0.25) is 0 Å². The maximum absolute atomic E-state index is 12.1. The van der Waals surface area contributed by atoms with Gasteiger partial charge in [0.15, 0.2) is 6.10 Å². The van der Waals surface area contributed by atoms with E-state index in [0.717, 1.165) is 18.4 Å².